The second-order valence-electron chi connectivity index (χ2n) is 2.21. The fourth-order valence-corrected chi connectivity index (χ4v) is 0.773. The predicted molar refractivity (Wildman–Crippen MR) is 48.3 cm³/mol. The third kappa shape index (κ3) is 2.08. The first-order valence-electron chi connectivity index (χ1n) is 3.66. The van der Waals surface area contributed by atoms with Gasteiger partial charge in [0.2, 0.25) is 0 Å². The molecular weight excluding hydrogens is 136 g/mol. The molecule has 1 rings (SSSR count). The van der Waals surface area contributed by atoms with Crippen molar-refractivity contribution >= 4 is 6.34 Å². The van der Waals surface area contributed by atoms with E-state index in [9.17, 15) is 0 Å². The van der Waals surface area contributed by atoms with Crippen molar-refractivity contribution in [1.29, 1.82) is 0 Å². The normalized spacial score (nSPS) is 16.8. The third-order valence-corrected chi connectivity index (χ3v) is 1.37. The van der Waals surface area contributed by atoms with Crippen LogP contribution in [0.3, 0.4) is 0 Å². The van der Waals surface area contributed by atoms with E-state index in [0.29, 0.717) is 0 Å². The third-order valence-electron chi connectivity index (χ3n) is 1.37. The molecule has 11 heavy (non-hydrogen) atoms. The SMILES string of the molecule is C=C1C=CC=CN1C=NCC. The number of rotatable bonds is 2. The summed E-state index contributed by atoms with van der Waals surface area (Å²) in [4.78, 5) is 5.99. The summed E-state index contributed by atoms with van der Waals surface area (Å²) in [6, 6.07) is 0. The lowest BCUT2D eigenvalue weighted by Gasteiger charge is -2.16. The van der Waals surface area contributed by atoms with Crippen molar-refractivity contribution < 1.29 is 0 Å². The highest BCUT2D eigenvalue weighted by molar-refractivity contribution is 5.61. The quantitative estimate of drug-likeness (QED) is 0.431. The van der Waals surface area contributed by atoms with E-state index in [-0.39, 0.29) is 0 Å². The maximum absolute atomic E-state index is 4.10. The first-order chi connectivity index (χ1) is 5.34. The van der Waals surface area contributed by atoms with Crippen LogP contribution in [0.25, 0.3) is 0 Å². The summed E-state index contributed by atoms with van der Waals surface area (Å²) in [5.74, 6) is 0. The summed E-state index contributed by atoms with van der Waals surface area (Å²) in [5, 5.41) is 0. The van der Waals surface area contributed by atoms with Gasteiger partial charge in [0.15, 0.2) is 0 Å². The minimum Gasteiger partial charge on any atom is -0.309 e. The topological polar surface area (TPSA) is 15.6 Å². The van der Waals surface area contributed by atoms with Gasteiger partial charge in [0, 0.05) is 18.4 Å². The van der Waals surface area contributed by atoms with Gasteiger partial charge in [-0.05, 0) is 19.1 Å². The molecule has 0 fully saturated rings. The Labute approximate surface area is 67.2 Å². The second-order valence-corrected chi connectivity index (χ2v) is 2.21. The van der Waals surface area contributed by atoms with Gasteiger partial charge < -0.3 is 4.90 Å². The minimum absolute atomic E-state index is 0.807. The van der Waals surface area contributed by atoms with Crippen LogP contribution >= 0.6 is 0 Å². The molecule has 1 aliphatic rings. The molecule has 0 amide bonds. The fraction of sp³-hybridized carbons (Fsp3) is 0.222. The second kappa shape index (κ2) is 3.76. The van der Waals surface area contributed by atoms with Crippen LogP contribution in [0.15, 0.2) is 41.7 Å². The van der Waals surface area contributed by atoms with Gasteiger partial charge in [-0.15, -0.1) is 0 Å². The molecule has 2 nitrogen and oxygen atoms in total. The Hall–Kier alpha value is -1.31. The summed E-state index contributed by atoms with van der Waals surface area (Å²) >= 11 is 0. The molecule has 2 heteroatoms. The zero-order valence-electron chi connectivity index (χ0n) is 6.70. The van der Waals surface area contributed by atoms with Gasteiger partial charge in [-0.1, -0.05) is 12.7 Å². The van der Waals surface area contributed by atoms with E-state index < -0.39 is 0 Å². The number of nitrogens with zero attached hydrogens (tertiary/aromatic N) is 2. The van der Waals surface area contributed by atoms with Crippen LogP contribution in [-0.2, 0) is 0 Å². The summed E-state index contributed by atoms with van der Waals surface area (Å²) in [6.07, 6.45) is 9.57. The van der Waals surface area contributed by atoms with E-state index in [1.54, 1.807) is 6.34 Å². The Morgan fingerprint density at radius 3 is 3.09 bits per heavy atom. The first kappa shape index (κ1) is 7.79. The van der Waals surface area contributed by atoms with Crippen molar-refractivity contribution in [1.82, 2.24) is 4.90 Å². The van der Waals surface area contributed by atoms with Crippen LogP contribution in [0.4, 0.5) is 0 Å². The fourth-order valence-electron chi connectivity index (χ4n) is 0.773. The van der Waals surface area contributed by atoms with E-state index >= 15 is 0 Å². The Morgan fingerprint density at radius 1 is 1.64 bits per heavy atom. The predicted octanol–water partition coefficient (Wildman–Crippen LogP) is 1.93. The number of hydrogen-bond acceptors (Lipinski definition) is 1. The number of hydrogen-bond donors (Lipinski definition) is 0. The van der Waals surface area contributed by atoms with Gasteiger partial charge in [-0.25, -0.2) is 0 Å². The van der Waals surface area contributed by atoms with E-state index in [0.717, 1.165) is 12.2 Å². The van der Waals surface area contributed by atoms with Gasteiger partial charge >= 0.3 is 0 Å². The van der Waals surface area contributed by atoms with Crippen LogP contribution in [-0.4, -0.2) is 17.8 Å². The molecule has 1 aliphatic heterocycles. The summed E-state index contributed by atoms with van der Waals surface area (Å²) < 4.78 is 0. The lowest BCUT2D eigenvalue weighted by Crippen LogP contribution is -2.13. The molecule has 0 aromatic heterocycles. The molecule has 0 aromatic rings. The van der Waals surface area contributed by atoms with Crippen LogP contribution in [0.1, 0.15) is 6.92 Å². The zero-order chi connectivity index (χ0) is 8.10. The lowest BCUT2D eigenvalue weighted by atomic mass is 10.3. The van der Waals surface area contributed by atoms with Crippen LogP contribution < -0.4 is 0 Å². The highest BCUT2D eigenvalue weighted by atomic mass is 15.1. The standard InChI is InChI=1S/C9H12N2/c1-3-10-8-11-7-5-4-6-9(11)2/h4-8H,2-3H2,1H3. The van der Waals surface area contributed by atoms with E-state index in [1.807, 2.05) is 36.3 Å². The minimum atomic E-state index is 0.807. The molecule has 1 heterocycles. The van der Waals surface area contributed by atoms with Crippen LogP contribution in [0.5, 0.6) is 0 Å². The first-order valence-corrected chi connectivity index (χ1v) is 3.66. The molecule has 0 saturated carbocycles. The Bertz CT molecular complexity index is 224. The molecule has 0 N–H and O–H groups in total. The lowest BCUT2D eigenvalue weighted by molar-refractivity contribution is 0.727. The van der Waals surface area contributed by atoms with Gasteiger partial charge in [0.25, 0.3) is 0 Å². The highest BCUT2D eigenvalue weighted by Crippen LogP contribution is 2.06. The molecular formula is C9H12N2. The molecule has 0 atom stereocenters. The summed E-state index contributed by atoms with van der Waals surface area (Å²) in [7, 11) is 0. The highest BCUT2D eigenvalue weighted by Gasteiger charge is 1.98. The van der Waals surface area contributed by atoms with Crippen molar-refractivity contribution in [3.63, 3.8) is 0 Å². The van der Waals surface area contributed by atoms with Gasteiger partial charge in [-0.2, -0.15) is 0 Å². The Balaban J connectivity index is 2.59. The zero-order valence-corrected chi connectivity index (χ0v) is 6.70. The smallest absolute Gasteiger partial charge is 0.0935 e. The van der Waals surface area contributed by atoms with Gasteiger partial charge in [0.05, 0.1) is 6.34 Å². The van der Waals surface area contributed by atoms with E-state index in [2.05, 4.69) is 11.6 Å². The molecule has 0 aliphatic carbocycles. The number of aliphatic imine (C=N–C) groups is 1. The van der Waals surface area contributed by atoms with Gasteiger partial charge in [-0.3, -0.25) is 4.99 Å². The maximum Gasteiger partial charge on any atom is 0.0935 e. The van der Waals surface area contributed by atoms with Crippen LogP contribution in [0.2, 0.25) is 0 Å². The van der Waals surface area contributed by atoms with Crippen molar-refractivity contribution in [2.45, 2.75) is 6.92 Å². The van der Waals surface area contributed by atoms with Gasteiger partial charge in [0.1, 0.15) is 0 Å². The number of allylic oxidation sites excluding steroid dienone is 3. The van der Waals surface area contributed by atoms with Crippen molar-refractivity contribution in [2.24, 2.45) is 4.99 Å². The monoisotopic (exact) mass is 148 g/mol. The molecule has 0 bridgehead atoms. The molecule has 0 spiro atoms. The molecule has 0 aromatic carbocycles. The van der Waals surface area contributed by atoms with Crippen molar-refractivity contribution in [3.8, 4) is 0 Å². The Kier molecular flexibility index (Phi) is 2.66. The maximum atomic E-state index is 4.10. The van der Waals surface area contributed by atoms with E-state index in [4.69, 9.17) is 0 Å². The average molecular weight is 148 g/mol. The average Bonchev–Trinajstić information content (AvgIpc) is 2.03. The van der Waals surface area contributed by atoms with Crippen molar-refractivity contribution in [3.05, 3.63) is 36.7 Å². The molecule has 0 radical (unpaired) electrons. The summed E-state index contributed by atoms with van der Waals surface area (Å²) in [5.41, 5.74) is 0.949. The van der Waals surface area contributed by atoms with Crippen LogP contribution in [0, 0.1) is 0 Å². The molecule has 58 valence electrons. The largest absolute Gasteiger partial charge is 0.309 e. The van der Waals surface area contributed by atoms with E-state index in [1.165, 1.54) is 0 Å². The summed E-state index contributed by atoms with van der Waals surface area (Å²) in [6.45, 7) is 6.65. The Morgan fingerprint density at radius 2 is 2.45 bits per heavy atom. The van der Waals surface area contributed by atoms with Crippen molar-refractivity contribution in [2.75, 3.05) is 6.54 Å². The molecule has 0 saturated heterocycles. The molecule has 0 unspecified atom stereocenters.